The number of hydrogen-bond acceptors (Lipinski definition) is 8. The van der Waals surface area contributed by atoms with Crippen LogP contribution in [0.15, 0.2) is 150 Å². The number of hydrogen-bond donors (Lipinski definition) is 4. The minimum atomic E-state index is -1.97. The van der Waals surface area contributed by atoms with Crippen LogP contribution < -0.4 is 15.0 Å². The predicted molar refractivity (Wildman–Crippen MR) is 194 cm³/mol. The zero-order valence-electron chi connectivity index (χ0n) is 27.0. The molecule has 6 rings (SSSR count). The third kappa shape index (κ3) is 8.93. The number of carbonyl (C=O) groups is 2. The third-order valence-corrected chi connectivity index (χ3v) is 8.83. The van der Waals surface area contributed by atoms with Gasteiger partial charge in [0.2, 0.25) is 11.1 Å². The van der Waals surface area contributed by atoms with Crippen LogP contribution in [0.5, 0.6) is 5.75 Å². The van der Waals surface area contributed by atoms with Crippen LogP contribution in [0.25, 0.3) is 22.3 Å². The van der Waals surface area contributed by atoms with Crippen LogP contribution in [0.4, 0.5) is 11.4 Å². The number of anilines is 2. The number of rotatable bonds is 14. The van der Waals surface area contributed by atoms with Crippen LogP contribution in [0, 0.1) is 0 Å². The molecule has 4 N–H and O–H groups in total. The van der Waals surface area contributed by atoms with Crippen LogP contribution in [0.1, 0.15) is 31.8 Å². The van der Waals surface area contributed by atoms with E-state index in [0.717, 1.165) is 27.8 Å². The van der Waals surface area contributed by atoms with Gasteiger partial charge >= 0.3 is 5.97 Å². The van der Waals surface area contributed by atoms with Crippen molar-refractivity contribution in [1.82, 2.24) is 0 Å². The van der Waals surface area contributed by atoms with Gasteiger partial charge in [-0.25, -0.2) is 13.9 Å². The van der Waals surface area contributed by atoms with Crippen molar-refractivity contribution in [3.63, 3.8) is 0 Å². The second-order valence-corrected chi connectivity index (χ2v) is 12.4. The lowest BCUT2D eigenvalue weighted by molar-refractivity contribution is -0.253. The first kappa shape index (κ1) is 34.7. The van der Waals surface area contributed by atoms with E-state index in [-0.39, 0.29) is 29.2 Å². The van der Waals surface area contributed by atoms with Gasteiger partial charge in [0.15, 0.2) is 0 Å². The molecule has 0 spiro atoms. The van der Waals surface area contributed by atoms with Gasteiger partial charge in [-0.3, -0.25) is 20.4 Å². The maximum atomic E-state index is 13.3. The number of aromatic carboxylic acids is 1. The fourth-order valence-corrected chi connectivity index (χ4v) is 6.12. The van der Waals surface area contributed by atoms with Crippen LogP contribution in [-0.4, -0.2) is 26.4 Å². The van der Waals surface area contributed by atoms with Gasteiger partial charge in [-0.2, -0.15) is 0 Å². The first-order valence-corrected chi connectivity index (χ1v) is 16.8. The second-order valence-electron chi connectivity index (χ2n) is 11.3. The normalized spacial score (nSPS) is 11.4. The maximum Gasteiger partial charge on any atom is 0.336 e. The fraction of sp³-hybridized carbons (Fsp3) is 0.0500. The molecule has 10 nitrogen and oxygen atoms in total. The minimum absolute atomic E-state index is 0.00139. The highest BCUT2D eigenvalue weighted by Gasteiger charge is 2.19. The van der Waals surface area contributed by atoms with Gasteiger partial charge < -0.3 is 14.6 Å². The summed E-state index contributed by atoms with van der Waals surface area (Å²) in [6.07, 6.45) is 0. The van der Waals surface area contributed by atoms with Crippen molar-refractivity contribution in [3.05, 3.63) is 168 Å². The van der Waals surface area contributed by atoms with Gasteiger partial charge in [-0.05, 0) is 81.9 Å². The average Bonchev–Trinajstić information content (AvgIpc) is 3.16. The van der Waals surface area contributed by atoms with Gasteiger partial charge in [-0.1, -0.05) is 91.0 Å². The van der Waals surface area contributed by atoms with E-state index in [4.69, 9.17) is 14.3 Å². The first-order chi connectivity index (χ1) is 24.9. The molecule has 1 atom stereocenters. The Labute approximate surface area is 296 Å². The SMILES string of the molecule is O=C(O)c1ccc(-c2ccccc2)cc1C(=O)Nc1cccc(S(=O)Oc2cccc(NOCc3cc(-c4ccccc4)ccc3COO)c2)c1. The standard InChI is InChI=1S/C40H32N2O8S/c43-39(38-22-30(19-20-37(38)40(44)45)28-11-5-2-6-12-28)41-33-13-8-16-36(24-33)51(47)50-35-15-7-14-34(23-35)42-48-25-32-21-29(17-18-31(32)26-49-46)27-9-3-1-4-10-27/h1-24,42,46H,25-26H2,(H,41,43)(H,44,45). The Morgan fingerprint density at radius 2 is 1.27 bits per heavy atom. The Hall–Kier alpha value is -6.11. The van der Waals surface area contributed by atoms with Crippen LogP contribution in [0.3, 0.4) is 0 Å². The summed E-state index contributed by atoms with van der Waals surface area (Å²) in [6, 6.07) is 42.6. The topological polar surface area (TPSA) is 143 Å². The summed E-state index contributed by atoms with van der Waals surface area (Å²) in [5, 5.41) is 21.5. The number of nitrogens with one attached hydrogen (secondary N) is 2. The molecule has 0 aliphatic carbocycles. The molecular formula is C40H32N2O8S. The second kappa shape index (κ2) is 16.5. The lowest BCUT2D eigenvalue weighted by Gasteiger charge is -2.13. The molecule has 0 aliphatic rings. The molecule has 1 amide bonds. The Morgan fingerprint density at radius 3 is 1.98 bits per heavy atom. The molecule has 6 aromatic rings. The summed E-state index contributed by atoms with van der Waals surface area (Å²) in [5.74, 6) is -1.57. The van der Waals surface area contributed by atoms with Crippen molar-refractivity contribution in [2.24, 2.45) is 0 Å². The number of carbonyl (C=O) groups excluding carboxylic acids is 1. The largest absolute Gasteiger partial charge is 0.478 e. The van der Waals surface area contributed by atoms with Gasteiger partial charge in [0.05, 0.1) is 21.7 Å². The summed E-state index contributed by atoms with van der Waals surface area (Å²) in [7, 11) is 0. The van der Waals surface area contributed by atoms with Crippen molar-refractivity contribution in [2.75, 3.05) is 10.8 Å². The van der Waals surface area contributed by atoms with Crippen molar-refractivity contribution >= 4 is 34.3 Å². The quantitative estimate of drug-likeness (QED) is 0.0649. The fourth-order valence-electron chi connectivity index (χ4n) is 5.33. The smallest absolute Gasteiger partial charge is 0.336 e. The van der Waals surface area contributed by atoms with Gasteiger partial charge in [0.1, 0.15) is 19.0 Å². The van der Waals surface area contributed by atoms with Crippen LogP contribution >= 0.6 is 0 Å². The summed E-state index contributed by atoms with van der Waals surface area (Å²) in [5.41, 5.74) is 8.67. The molecule has 0 aromatic heterocycles. The maximum absolute atomic E-state index is 13.3. The van der Waals surface area contributed by atoms with E-state index in [1.54, 1.807) is 48.5 Å². The first-order valence-electron chi connectivity index (χ1n) is 15.7. The summed E-state index contributed by atoms with van der Waals surface area (Å²) in [4.78, 5) is 35.7. The molecule has 0 bridgehead atoms. The van der Waals surface area contributed by atoms with E-state index >= 15 is 0 Å². The molecule has 0 saturated heterocycles. The molecule has 0 heterocycles. The highest BCUT2D eigenvalue weighted by Crippen LogP contribution is 2.27. The van der Waals surface area contributed by atoms with Crippen LogP contribution in [-0.2, 0) is 34.0 Å². The molecule has 0 aliphatic heterocycles. The van der Waals surface area contributed by atoms with Gasteiger partial charge in [0.25, 0.3) is 5.91 Å². The Bertz CT molecular complexity index is 2180. The monoisotopic (exact) mass is 700 g/mol. The van der Waals surface area contributed by atoms with Crippen molar-refractivity contribution < 1.29 is 38.1 Å². The van der Waals surface area contributed by atoms with E-state index in [2.05, 4.69) is 15.7 Å². The molecular weight excluding hydrogens is 669 g/mol. The summed E-state index contributed by atoms with van der Waals surface area (Å²) >= 11 is -1.97. The number of carboxylic acid groups (broad SMARTS) is 1. The number of benzene rings is 6. The van der Waals surface area contributed by atoms with Gasteiger partial charge in [0, 0.05) is 11.8 Å². The zero-order valence-corrected chi connectivity index (χ0v) is 27.8. The lowest BCUT2D eigenvalue weighted by Crippen LogP contribution is -2.17. The molecule has 0 fully saturated rings. The van der Waals surface area contributed by atoms with Crippen molar-refractivity contribution in [2.45, 2.75) is 18.1 Å². The molecule has 6 aromatic carbocycles. The zero-order chi connectivity index (χ0) is 35.6. The molecule has 51 heavy (non-hydrogen) atoms. The van der Waals surface area contributed by atoms with Crippen molar-refractivity contribution in [1.29, 1.82) is 0 Å². The predicted octanol–water partition coefficient (Wildman–Crippen LogP) is 8.61. The van der Waals surface area contributed by atoms with E-state index < -0.39 is 23.0 Å². The highest BCUT2D eigenvalue weighted by molar-refractivity contribution is 7.80. The number of amides is 1. The highest BCUT2D eigenvalue weighted by atomic mass is 32.2. The molecule has 1 unspecified atom stereocenters. The molecule has 0 radical (unpaired) electrons. The van der Waals surface area contributed by atoms with E-state index in [1.165, 1.54) is 18.2 Å². The Balaban J connectivity index is 1.10. The summed E-state index contributed by atoms with van der Waals surface area (Å²) in [6.45, 7) is 0.151. The Kier molecular flexibility index (Phi) is 11.3. The molecule has 0 saturated carbocycles. The molecule has 11 heteroatoms. The minimum Gasteiger partial charge on any atom is -0.478 e. The average molecular weight is 701 g/mol. The summed E-state index contributed by atoms with van der Waals surface area (Å²) < 4.78 is 19.0. The van der Waals surface area contributed by atoms with Gasteiger partial charge in [-0.15, -0.1) is 0 Å². The number of carboxylic acids is 1. The third-order valence-electron chi connectivity index (χ3n) is 7.84. The molecule has 256 valence electrons. The van der Waals surface area contributed by atoms with E-state index in [9.17, 15) is 18.9 Å². The van der Waals surface area contributed by atoms with Crippen molar-refractivity contribution in [3.8, 4) is 28.0 Å². The lowest BCUT2D eigenvalue weighted by atomic mass is 9.98. The van der Waals surface area contributed by atoms with Crippen LogP contribution in [0.2, 0.25) is 0 Å². The van der Waals surface area contributed by atoms with E-state index in [0.29, 0.717) is 22.7 Å². The van der Waals surface area contributed by atoms with E-state index in [1.807, 2.05) is 78.9 Å². The Morgan fingerprint density at radius 1 is 0.608 bits per heavy atom.